The van der Waals surface area contributed by atoms with Crippen LogP contribution in [0.1, 0.15) is 0 Å². The minimum Gasteiger partial charge on any atom is -0.278 e. The third kappa shape index (κ3) is 4.96. The Kier molecular flexibility index (Phi) is 6.91. The van der Waals surface area contributed by atoms with E-state index in [1.807, 2.05) is 18.3 Å². The molecule has 0 saturated carbocycles. The van der Waals surface area contributed by atoms with E-state index in [0.717, 1.165) is 65.6 Å². The van der Waals surface area contributed by atoms with E-state index in [-0.39, 0.29) is 0 Å². The van der Waals surface area contributed by atoms with Crippen molar-refractivity contribution in [2.24, 2.45) is 0 Å². The van der Waals surface area contributed by atoms with Gasteiger partial charge >= 0.3 is 0 Å². The summed E-state index contributed by atoms with van der Waals surface area (Å²) in [6, 6.07) is 55.0. The molecule has 5 heteroatoms. The largest absolute Gasteiger partial charge is 0.278 e. The van der Waals surface area contributed by atoms with Crippen LogP contribution in [0.15, 0.2) is 168 Å². The number of nitrogens with zero attached hydrogens (tertiary/aromatic N) is 4. The lowest BCUT2D eigenvalue weighted by atomic mass is 9.98. The molecule has 0 fully saturated rings. The smallest absolute Gasteiger partial charge is 0.235 e. The summed E-state index contributed by atoms with van der Waals surface area (Å²) < 4.78 is 3.15. The molecule has 0 amide bonds. The van der Waals surface area contributed by atoms with Crippen LogP contribution in [0.5, 0.6) is 0 Å². The van der Waals surface area contributed by atoms with Crippen LogP contribution in [-0.2, 0) is 0 Å². The average Bonchev–Trinajstić information content (AvgIpc) is 3.49. The molecule has 0 spiro atoms. The number of para-hydroxylation sites is 3. The highest BCUT2D eigenvalue weighted by atomic mass is 79.9. The Morgan fingerprint density at radius 3 is 1.81 bits per heavy atom. The second kappa shape index (κ2) is 11.7. The van der Waals surface area contributed by atoms with Gasteiger partial charge in [0.15, 0.2) is 0 Å². The van der Waals surface area contributed by atoms with E-state index in [9.17, 15) is 0 Å². The summed E-state index contributed by atoms with van der Waals surface area (Å²) in [7, 11) is 0. The lowest BCUT2D eigenvalue weighted by Crippen LogP contribution is -2.04. The maximum Gasteiger partial charge on any atom is 0.235 e. The molecule has 0 saturated heterocycles. The normalized spacial score (nSPS) is 11.4. The summed E-state index contributed by atoms with van der Waals surface area (Å²) in [5.74, 6) is 0.625. The van der Waals surface area contributed by atoms with Crippen molar-refractivity contribution in [3.8, 4) is 50.7 Å². The number of hydrogen-bond donors (Lipinski definition) is 0. The van der Waals surface area contributed by atoms with E-state index in [0.29, 0.717) is 5.95 Å². The predicted molar refractivity (Wildman–Crippen MR) is 201 cm³/mol. The number of rotatable bonds is 5. The molecule has 0 aliphatic rings. The maximum absolute atomic E-state index is 5.29. The fraction of sp³-hybridized carbons (Fsp3) is 0. The second-order valence-corrected chi connectivity index (χ2v) is 12.8. The molecule has 48 heavy (non-hydrogen) atoms. The maximum atomic E-state index is 5.29. The molecular weight excluding hydrogens is 652 g/mol. The Bertz CT molecular complexity index is 2570. The van der Waals surface area contributed by atoms with Gasteiger partial charge in [-0.05, 0) is 59.2 Å². The first-order chi connectivity index (χ1) is 23.7. The van der Waals surface area contributed by atoms with Crippen LogP contribution in [0.25, 0.3) is 83.4 Å². The zero-order valence-corrected chi connectivity index (χ0v) is 27.3. The standard InChI is InChI=1S/C43H27BrN4/c44-34-25-32(35-16-8-12-31-13-9-23-45-42(31)35)24-33(26-34)39-27-38(30-21-19-29(20-22-30)28-10-2-1-3-11-28)46-43(47-39)48-40-17-6-4-14-36(40)37-15-5-7-18-41(37)48/h1-27H. The van der Waals surface area contributed by atoms with Crippen LogP contribution in [0.4, 0.5) is 0 Å². The summed E-state index contributed by atoms with van der Waals surface area (Å²) in [6.45, 7) is 0. The van der Waals surface area contributed by atoms with E-state index in [4.69, 9.17) is 15.0 Å². The molecular formula is C43H27BrN4. The molecule has 0 aliphatic heterocycles. The summed E-state index contributed by atoms with van der Waals surface area (Å²) in [4.78, 5) is 15.3. The first-order valence-corrected chi connectivity index (χ1v) is 16.7. The van der Waals surface area contributed by atoms with Crippen molar-refractivity contribution in [1.29, 1.82) is 0 Å². The number of fused-ring (bicyclic) bond motifs is 4. The van der Waals surface area contributed by atoms with E-state index >= 15 is 0 Å². The first-order valence-electron chi connectivity index (χ1n) is 15.9. The first kappa shape index (κ1) is 28.3. The highest BCUT2D eigenvalue weighted by Crippen LogP contribution is 2.36. The number of hydrogen-bond acceptors (Lipinski definition) is 3. The summed E-state index contributed by atoms with van der Waals surface area (Å²) >= 11 is 3.82. The highest BCUT2D eigenvalue weighted by molar-refractivity contribution is 9.10. The molecule has 3 aromatic heterocycles. The van der Waals surface area contributed by atoms with Gasteiger partial charge in [-0.15, -0.1) is 0 Å². The predicted octanol–water partition coefficient (Wildman–Crippen LogP) is 11.6. The monoisotopic (exact) mass is 678 g/mol. The quantitative estimate of drug-likeness (QED) is 0.182. The lowest BCUT2D eigenvalue weighted by molar-refractivity contribution is 0.995. The van der Waals surface area contributed by atoms with Gasteiger partial charge in [-0.25, -0.2) is 9.97 Å². The van der Waals surface area contributed by atoms with Gasteiger partial charge in [0, 0.05) is 43.5 Å². The molecule has 6 aromatic carbocycles. The van der Waals surface area contributed by atoms with Crippen molar-refractivity contribution in [2.75, 3.05) is 0 Å². The molecule has 4 nitrogen and oxygen atoms in total. The van der Waals surface area contributed by atoms with Gasteiger partial charge in [-0.1, -0.05) is 131 Å². The van der Waals surface area contributed by atoms with Crippen LogP contribution < -0.4 is 0 Å². The topological polar surface area (TPSA) is 43.6 Å². The summed E-state index contributed by atoms with van der Waals surface area (Å²) in [6.07, 6.45) is 1.85. The number of halogens is 1. The van der Waals surface area contributed by atoms with E-state index < -0.39 is 0 Å². The molecule has 9 rings (SSSR count). The van der Waals surface area contributed by atoms with Crippen LogP contribution in [-0.4, -0.2) is 19.5 Å². The fourth-order valence-corrected chi connectivity index (χ4v) is 7.16. The zero-order valence-electron chi connectivity index (χ0n) is 25.8. The van der Waals surface area contributed by atoms with Crippen LogP contribution in [0.2, 0.25) is 0 Å². The molecule has 0 radical (unpaired) electrons. The summed E-state index contributed by atoms with van der Waals surface area (Å²) in [5, 5.41) is 3.45. The number of aromatic nitrogens is 4. The Hall–Kier alpha value is -5.91. The second-order valence-electron chi connectivity index (χ2n) is 11.9. The number of benzene rings is 6. The minimum atomic E-state index is 0.625. The van der Waals surface area contributed by atoms with Gasteiger partial charge in [0.25, 0.3) is 0 Å². The van der Waals surface area contributed by atoms with Gasteiger partial charge in [0.2, 0.25) is 5.95 Å². The SMILES string of the molecule is Brc1cc(-c2cc(-c3ccc(-c4ccccc4)cc3)nc(-n3c4ccccc4c4ccccc43)n2)cc(-c2cccc3cccnc23)c1. The molecule has 3 heterocycles. The van der Waals surface area contributed by atoms with Gasteiger partial charge in [-0.3, -0.25) is 9.55 Å². The van der Waals surface area contributed by atoms with Crippen molar-refractivity contribution in [3.63, 3.8) is 0 Å². The Morgan fingerprint density at radius 1 is 0.458 bits per heavy atom. The van der Waals surface area contributed by atoms with E-state index in [1.54, 1.807) is 0 Å². The molecule has 226 valence electrons. The van der Waals surface area contributed by atoms with Crippen molar-refractivity contribution in [1.82, 2.24) is 19.5 Å². The van der Waals surface area contributed by atoms with Gasteiger partial charge in [-0.2, -0.15) is 0 Å². The van der Waals surface area contributed by atoms with Gasteiger partial charge in [0.1, 0.15) is 0 Å². The van der Waals surface area contributed by atoms with Crippen molar-refractivity contribution in [3.05, 3.63) is 168 Å². The van der Waals surface area contributed by atoms with Crippen LogP contribution in [0.3, 0.4) is 0 Å². The lowest BCUT2D eigenvalue weighted by Gasteiger charge is -2.14. The van der Waals surface area contributed by atoms with E-state index in [1.165, 1.54) is 16.3 Å². The van der Waals surface area contributed by atoms with E-state index in [2.05, 4.69) is 166 Å². The third-order valence-electron chi connectivity index (χ3n) is 8.92. The van der Waals surface area contributed by atoms with Crippen molar-refractivity contribution >= 4 is 48.6 Å². The van der Waals surface area contributed by atoms with Crippen molar-refractivity contribution < 1.29 is 0 Å². The van der Waals surface area contributed by atoms with Crippen LogP contribution in [0, 0.1) is 0 Å². The summed E-state index contributed by atoms with van der Waals surface area (Å²) in [5.41, 5.74) is 11.3. The molecule has 0 bridgehead atoms. The van der Waals surface area contributed by atoms with Gasteiger partial charge < -0.3 is 0 Å². The van der Waals surface area contributed by atoms with Crippen molar-refractivity contribution in [2.45, 2.75) is 0 Å². The molecule has 0 unspecified atom stereocenters. The van der Waals surface area contributed by atoms with Gasteiger partial charge in [0.05, 0.1) is 27.9 Å². The Labute approximate surface area is 286 Å². The zero-order chi connectivity index (χ0) is 32.0. The third-order valence-corrected chi connectivity index (χ3v) is 9.38. The average molecular weight is 680 g/mol. The van der Waals surface area contributed by atoms with Crippen LogP contribution >= 0.6 is 15.9 Å². The Balaban J connectivity index is 1.27. The molecule has 0 aliphatic carbocycles. The number of pyridine rings is 1. The molecule has 0 N–H and O–H groups in total. The molecule has 0 atom stereocenters. The Morgan fingerprint density at radius 2 is 1.06 bits per heavy atom. The minimum absolute atomic E-state index is 0.625. The molecule has 9 aromatic rings. The highest BCUT2D eigenvalue weighted by Gasteiger charge is 2.18. The fourth-order valence-electron chi connectivity index (χ4n) is 6.66.